The smallest absolute Gasteiger partial charge is 0.410 e. The van der Waals surface area contributed by atoms with Gasteiger partial charge >= 0.3 is 12.1 Å². The van der Waals surface area contributed by atoms with E-state index in [4.69, 9.17) is 9.16 Å². The molecule has 2 aromatic carbocycles. The van der Waals surface area contributed by atoms with E-state index >= 15 is 0 Å². The van der Waals surface area contributed by atoms with Crippen LogP contribution < -0.4 is 10.4 Å². The van der Waals surface area contributed by atoms with E-state index in [1.165, 1.54) is 0 Å². The topological polar surface area (TPSA) is 76.1 Å². The van der Waals surface area contributed by atoms with Crippen LogP contribution >= 0.6 is 0 Å². The number of amides is 1. The minimum absolute atomic E-state index is 0.206. The number of carboxylic acid groups (broad SMARTS) is 1. The van der Waals surface area contributed by atoms with Crippen molar-refractivity contribution in [3.05, 3.63) is 60.7 Å². The molecule has 0 saturated carbocycles. The quantitative estimate of drug-likeness (QED) is 0.668. The molecule has 0 aromatic heterocycles. The van der Waals surface area contributed by atoms with Gasteiger partial charge in [0.05, 0.1) is 6.61 Å². The predicted molar refractivity (Wildman–Crippen MR) is 122 cm³/mol. The van der Waals surface area contributed by atoms with Crippen LogP contribution in [-0.4, -0.2) is 56.2 Å². The van der Waals surface area contributed by atoms with E-state index in [0.29, 0.717) is 13.1 Å². The lowest BCUT2D eigenvalue weighted by molar-refractivity contribution is -0.149. The van der Waals surface area contributed by atoms with Gasteiger partial charge in [-0.1, -0.05) is 81.4 Å². The van der Waals surface area contributed by atoms with Gasteiger partial charge in [-0.15, -0.1) is 0 Å². The maximum absolute atomic E-state index is 12.4. The third kappa shape index (κ3) is 4.99. The summed E-state index contributed by atoms with van der Waals surface area (Å²) in [5, 5.41) is 11.5. The summed E-state index contributed by atoms with van der Waals surface area (Å²) in [5.74, 6) is -1.20. The average molecular weight is 442 g/mol. The van der Waals surface area contributed by atoms with Crippen LogP contribution in [0.5, 0.6) is 0 Å². The second kappa shape index (κ2) is 9.66. The van der Waals surface area contributed by atoms with Gasteiger partial charge in [-0.2, -0.15) is 0 Å². The number of ether oxygens (including phenoxy) is 1. The number of likely N-dealkylation sites (tertiary alicyclic amines) is 1. The van der Waals surface area contributed by atoms with Crippen LogP contribution in [0.25, 0.3) is 0 Å². The molecule has 6 nitrogen and oxygen atoms in total. The molecule has 0 aliphatic carbocycles. The lowest BCUT2D eigenvalue weighted by Gasteiger charge is -2.43. The van der Waals surface area contributed by atoms with Crippen LogP contribution in [0.3, 0.4) is 0 Å². The van der Waals surface area contributed by atoms with Crippen molar-refractivity contribution in [2.24, 2.45) is 0 Å². The number of hydrogen-bond donors (Lipinski definition) is 1. The number of carbonyl (C=O) groups is 2. The molecule has 1 N–H and O–H groups in total. The first-order valence-corrected chi connectivity index (χ1v) is 12.6. The zero-order chi connectivity index (χ0) is 22.5. The molecule has 7 heteroatoms. The summed E-state index contributed by atoms with van der Waals surface area (Å²) >= 11 is 0. The fourth-order valence-electron chi connectivity index (χ4n) is 4.21. The number of nitrogens with zero attached hydrogens (tertiary/aromatic N) is 1. The molecule has 1 fully saturated rings. The third-order valence-corrected chi connectivity index (χ3v) is 10.8. The molecule has 31 heavy (non-hydrogen) atoms. The molecule has 0 spiro atoms. The Kier molecular flexibility index (Phi) is 7.18. The van der Waals surface area contributed by atoms with Gasteiger partial charge in [-0.25, -0.2) is 9.59 Å². The van der Waals surface area contributed by atoms with Crippen molar-refractivity contribution in [3.63, 3.8) is 0 Å². The highest BCUT2D eigenvalue weighted by Gasteiger charge is 2.51. The van der Waals surface area contributed by atoms with Crippen LogP contribution in [-0.2, 0) is 14.0 Å². The maximum atomic E-state index is 12.4. The fraction of sp³-hybridized carbons (Fsp3) is 0.417. The summed E-state index contributed by atoms with van der Waals surface area (Å²) in [6.45, 7) is 7.34. The fourth-order valence-corrected chi connectivity index (χ4v) is 8.77. The minimum Gasteiger partial charge on any atom is -0.478 e. The number of benzene rings is 2. The van der Waals surface area contributed by atoms with Gasteiger partial charge in [0.25, 0.3) is 8.32 Å². The van der Waals surface area contributed by atoms with Gasteiger partial charge in [-0.3, -0.25) is 0 Å². The summed E-state index contributed by atoms with van der Waals surface area (Å²) in [6.07, 6.45) is -0.137. The number of aliphatic carboxylic acids is 1. The third-order valence-electron chi connectivity index (χ3n) is 5.75. The summed E-state index contributed by atoms with van der Waals surface area (Å²) < 4.78 is 12.0. The Morgan fingerprint density at radius 3 is 1.87 bits per heavy atom. The summed E-state index contributed by atoms with van der Waals surface area (Å²) in [4.78, 5) is 25.9. The van der Waals surface area contributed by atoms with Crippen molar-refractivity contribution in [1.29, 1.82) is 0 Å². The zero-order valence-electron chi connectivity index (χ0n) is 18.4. The van der Waals surface area contributed by atoms with E-state index in [1.54, 1.807) is 4.90 Å². The number of hydrogen-bond acceptors (Lipinski definition) is 4. The SMILES string of the molecule is CC(C)(C)[Si](OC[C@@H](OC(=O)N1CCCC1)C(=O)O)(c1ccccc1)c1ccccc1. The summed E-state index contributed by atoms with van der Waals surface area (Å²) in [6, 6.07) is 19.9. The van der Waals surface area contributed by atoms with Gasteiger partial charge in [0, 0.05) is 13.1 Å². The number of carbonyl (C=O) groups excluding carboxylic acids is 1. The first-order chi connectivity index (χ1) is 14.8. The largest absolute Gasteiger partial charge is 0.478 e. The highest BCUT2D eigenvalue weighted by Crippen LogP contribution is 2.36. The predicted octanol–water partition coefficient (Wildman–Crippen LogP) is 3.25. The average Bonchev–Trinajstić information content (AvgIpc) is 3.29. The van der Waals surface area contributed by atoms with Crippen molar-refractivity contribution in [3.8, 4) is 0 Å². The Morgan fingerprint density at radius 1 is 0.968 bits per heavy atom. The van der Waals surface area contributed by atoms with Crippen LogP contribution in [0.1, 0.15) is 33.6 Å². The zero-order valence-corrected chi connectivity index (χ0v) is 19.4. The maximum Gasteiger partial charge on any atom is 0.410 e. The Balaban J connectivity index is 1.94. The molecule has 1 aliphatic rings. The molecule has 1 saturated heterocycles. The minimum atomic E-state index is -2.91. The highest BCUT2D eigenvalue weighted by atomic mass is 28.4. The molecule has 166 valence electrons. The van der Waals surface area contributed by atoms with E-state index in [1.807, 2.05) is 60.7 Å². The first kappa shape index (κ1) is 23.0. The second-order valence-corrected chi connectivity index (χ2v) is 13.2. The van der Waals surface area contributed by atoms with Crippen LogP contribution in [0.15, 0.2) is 60.7 Å². The van der Waals surface area contributed by atoms with Crippen molar-refractivity contribution in [2.75, 3.05) is 19.7 Å². The van der Waals surface area contributed by atoms with Crippen molar-refractivity contribution in [2.45, 2.75) is 44.8 Å². The van der Waals surface area contributed by atoms with E-state index in [0.717, 1.165) is 23.2 Å². The van der Waals surface area contributed by atoms with E-state index in [9.17, 15) is 14.7 Å². The first-order valence-electron chi connectivity index (χ1n) is 10.7. The van der Waals surface area contributed by atoms with Crippen LogP contribution in [0.4, 0.5) is 4.79 Å². The molecule has 1 amide bonds. The standard InChI is InChI=1S/C24H31NO5Si/c1-24(2,3)31(19-12-6-4-7-13-19,20-14-8-5-9-15-20)29-18-21(22(26)27)30-23(28)25-16-10-11-17-25/h4-9,12-15,21H,10-11,16-18H2,1-3H3,(H,26,27)/t21-/m1/s1. The Hall–Kier alpha value is -2.64. The molecular weight excluding hydrogens is 410 g/mol. The normalized spacial score (nSPS) is 15.5. The molecule has 2 aromatic rings. The Morgan fingerprint density at radius 2 is 1.45 bits per heavy atom. The number of rotatable bonds is 7. The molecule has 3 rings (SSSR count). The molecule has 0 unspecified atom stereocenters. The second-order valence-electron chi connectivity index (χ2n) is 8.88. The molecular formula is C24H31NO5Si. The van der Waals surface area contributed by atoms with Crippen molar-refractivity contribution >= 4 is 30.8 Å². The summed E-state index contributed by atoms with van der Waals surface area (Å²) in [5.41, 5.74) is 0. The van der Waals surface area contributed by atoms with Gasteiger partial charge in [-0.05, 0) is 28.3 Å². The highest BCUT2D eigenvalue weighted by molar-refractivity contribution is 6.99. The summed E-state index contributed by atoms with van der Waals surface area (Å²) in [7, 11) is -2.91. The van der Waals surface area contributed by atoms with E-state index in [-0.39, 0.29) is 11.6 Å². The lowest BCUT2D eigenvalue weighted by atomic mass is 10.2. The van der Waals surface area contributed by atoms with Crippen LogP contribution in [0.2, 0.25) is 5.04 Å². The van der Waals surface area contributed by atoms with E-state index in [2.05, 4.69) is 20.8 Å². The molecule has 1 heterocycles. The Labute approximate surface area is 184 Å². The monoisotopic (exact) mass is 441 g/mol. The van der Waals surface area contributed by atoms with Crippen molar-refractivity contribution in [1.82, 2.24) is 4.90 Å². The molecule has 1 atom stereocenters. The molecule has 0 bridgehead atoms. The van der Waals surface area contributed by atoms with Gasteiger partial charge < -0.3 is 19.2 Å². The molecule has 0 radical (unpaired) electrons. The Bertz CT molecular complexity index is 836. The van der Waals surface area contributed by atoms with Gasteiger partial charge in [0.1, 0.15) is 0 Å². The van der Waals surface area contributed by atoms with Crippen molar-refractivity contribution < 1.29 is 23.9 Å². The lowest BCUT2D eigenvalue weighted by Crippen LogP contribution is -2.67. The van der Waals surface area contributed by atoms with E-state index < -0.39 is 26.5 Å². The van der Waals surface area contributed by atoms with Gasteiger partial charge in [0.15, 0.2) is 0 Å². The van der Waals surface area contributed by atoms with Crippen LogP contribution in [0, 0.1) is 0 Å². The number of carboxylic acids is 1. The molecule has 1 aliphatic heterocycles. The van der Waals surface area contributed by atoms with Gasteiger partial charge in [0.2, 0.25) is 6.10 Å².